The summed E-state index contributed by atoms with van der Waals surface area (Å²) in [6.45, 7) is 1.63. The molecule has 1 aromatic carbocycles. The van der Waals surface area contributed by atoms with Crippen molar-refractivity contribution in [3.8, 4) is 5.75 Å². The van der Waals surface area contributed by atoms with E-state index in [-0.39, 0.29) is 12.5 Å². The summed E-state index contributed by atoms with van der Waals surface area (Å²) in [7, 11) is 1.30. The average molecular weight is 372 g/mol. The number of carbonyl (C=O) groups excluding carboxylic acids is 2. The molecule has 2 heterocycles. The Kier molecular flexibility index (Phi) is 5.28. The van der Waals surface area contributed by atoms with Gasteiger partial charge in [-0.1, -0.05) is 0 Å². The molecule has 0 aliphatic rings. The smallest absolute Gasteiger partial charge is 0.343 e. The van der Waals surface area contributed by atoms with Crippen LogP contribution in [0.3, 0.4) is 0 Å². The molecule has 0 spiro atoms. The number of amides is 1. The second kappa shape index (κ2) is 7.79. The topological polar surface area (TPSA) is 94.3 Å². The highest BCUT2D eigenvalue weighted by molar-refractivity contribution is 7.15. The standard InChI is InChI=1S/C17H16N4O4S/c1-11-15(21-7-8-26-17(21)19-11)16(23)20-18-9-12-3-5-13(6-4-12)25-10-14(22)24-2/h3-9H,10H2,1-2H3,(H,20,23)/b18-9-. The number of aromatic nitrogens is 2. The molecule has 0 radical (unpaired) electrons. The van der Waals surface area contributed by atoms with Gasteiger partial charge in [0.25, 0.3) is 5.91 Å². The van der Waals surface area contributed by atoms with Crippen LogP contribution in [0.2, 0.25) is 0 Å². The molecule has 26 heavy (non-hydrogen) atoms. The van der Waals surface area contributed by atoms with Crippen molar-refractivity contribution in [1.82, 2.24) is 14.8 Å². The van der Waals surface area contributed by atoms with Crippen LogP contribution in [0.5, 0.6) is 5.75 Å². The van der Waals surface area contributed by atoms with Gasteiger partial charge in [-0.05, 0) is 36.8 Å². The number of esters is 1. The van der Waals surface area contributed by atoms with Crippen molar-refractivity contribution < 1.29 is 19.1 Å². The van der Waals surface area contributed by atoms with E-state index in [1.807, 2.05) is 5.38 Å². The molecule has 0 bridgehead atoms. The van der Waals surface area contributed by atoms with Crippen molar-refractivity contribution in [2.24, 2.45) is 5.10 Å². The summed E-state index contributed by atoms with van der Waals surface area (Å²) in [4.78, 5) is 28.4. The van der Waals surface area contributed by atoms with E-state index < -0.39 is 5.97 Å². The molecule has 0 unspecified atom stereocenters. The summed E-state index contributed by atoms with van der Waals surface area (Å²) < 4.78 is 11.5. The van der Waals surface area contributed by atoms with Crippen molar-refractivity contribution in [1.29, 1.82) is 0 Å². The maximum absolute atomic E-state index is 12.3. The van der Waals surface area contributed by atoms with Crippen LogP contribution in [0.25, 0.3) is 4.96 Å². The summed E-state index contributed by atoms with van der Waals surface area (Å²) in [5.41, 5.74) is 4.38. The zero-order chi connectivity index (χ0) is 18.5. The molecule has 0 saturated carbocycles. The largest absolute Gasteiger partial charge is 0.482 e. The Morgan fingerprint density at radius 3 is 2.85 bits per heavy atom. The second-order valence-electron chi connectivity index (χ2n) is 5.23. The number of imidazole rings is 1. The molecular formula is C17H16N4O4S. The van der Waals surface area contributed by atoms with Crippen LogP contribution >= 0.6 is 11.3 Å². The van der Waals surface area contributed by atoms with Crippen molar-refractivity contribution in [3.63, 3.8) is 0 Å². The number of rotatable bonds is 6. The van der Waals surface area contributed by atoms with Crippen LogP contribution in [-0.2, 0) is 9.53 Å². The minimum Gasteiger partial charge on any atom is -0.482 e. The van der Waals surface area contributed by atoms with Crippen molar-refractivity contribution in [2.75, 3.05) is 13.7 Å². The molecule has 134 valence electrons. The number of ether oxygens (including phenoxy) is 2. The predicted molar refractivity (Wildman–Crippen MR) is 96.8 cm³/mol. The van der Waals surface area contributed by atoms with Crippen LogP contribution in [0, 0.1) is 6.92 Å². The number of aryl methyl sites for hydroxylation is 1. The Balaban J connectivity index is 1.60. The quantitative estimate of drug-likeness (QED) is 0.406. The van der Waals surface area contributed by atoms with Crippen LogP contribution < -0.4 is 10.2 Å². The van der Waals surface area contributed by atoms with Crippen molar-refractivity contribution in [2.45, 2.75) is 6.92 Å². The molecule has 3 rings (SSSR count). The highest BCUT2D eigenvalue weighted by atomic mass is 32.1. The van der Waals surface area contributed by atoms with E-state index in [0.29, 0.717) is 17.1 Å². The molecule has 1 amide bonds. The molecule has 0 aliphatic carbocycles. The van der Waals surface area contributed by atoms with E-state index in [1.165, 1.54) is 24.7 Å². The van der Waals surface area contributed by atoms with Gasteiger partial charge in [0.15, 0.2) is 11.6 Å². The lowest BCUT2D eigenvalue weighted by atomic mass is 10.2. The third kappa shape index (κ3) is 3.89. The zero-order valence-corrected chi connectivity index (χ0v) is 14.9. The number of benzene rings is 1. The van der Waals surface area contributed by atoms with Gasteiger partial charge < -0.3 is 9.47 Å². The van der Waals surface area contributed by atoms with Gasteiger partial charge in [-0.25, -0.2) is 15.2 Å². The van der Waals surface area contributed by atoms with E-state index in [1.54, 1.807) is 41.8 Å². The maximum Gasteiger partial charge on any atom is 0.343 e. The molecule has 8 nitrogen and oxygen atoms in total. The van der Waals surface area contributed by atoms with E-state index >= 15 is 0 Å². The Hall–Kier alpha value is -3.20. The Bertz CT molecular complexity index is 959. The zero-order valence-electron chi connectivity index (χ0n) is 14.1. The minimum absolute atomic E-state index is 0.151. The van der Waals surface area contributed by atoms with Gasteiger partial charge in [0.2, 0.25) is 0 Å². The number of fused-ring (bicyclic) bond motifs is 1. The van der Waals surface area contributed by atoms with Gasteiger partial charge in [-0.15, -0.1) is 11.3 Å². The number of thiazole rings is 1. The monoisotopic (exact) mass is 372 g/mol. The lowest BCUT2D eigenvalue weighted by Crippen LogP contribution is -2.20. The number of hydrazone groups is 1. The summed E-state index contributed by atoms with van der Waals surface area (Å²) in [5.74, 6) is -0.248. The SMILES string of the molecule is COC(=O)COc1ccc(/C=N\NC(=O)c2c(C)nc3sccn23)cc1. The molecule has 0 fully saturated rings. The number of methoxy groups -OCH3 is 1. The Morgan fingerprint density at radius 2 is 2.12 bits per heavy atom. The van der Waals surface area contributed by atoms with E-state index in [4.69, 9.17) is 4.74 Å². The molecule has 0 saturated heterocycles. The number of nitrogens with zero attached hydrogens (tertiary/aromatic N) is 3. The molecular weight excluding hydrogens is 356 g/mol. The summed E-state index contributed by atoms with van der Waals surface area (Å²) in [6.07, 6.45) is 3.31. The van der Waals surface area contributed by atoms with Gasteiger partial charge in [0.1, 0.15) is 11.4 Å². The van der Waals surface area contributed by atoms with Gasteiger partial charge in [0.05, 0.1) is 19.0 Å². The highest BCUT2D eigenvalue weighted by Gasteiger charge is 2.16. The summed E-state index contributed by atoms with van der Waals surface area (Å²) >= 11 is 1.46. The third-order valence-corrected chi connectivity index (χ3v) is 4.25. The predicted octanol–water partition coefficient (Wildman–Crippen LogP) is 2.02. The fourth-order valence-electron chi connectivity index (χ4n) is 2.24. The van der Waals surface area contributed by atoms with Crippen LogP contribution in [0.4, 0.5) is 0 Å². The normalized spacial score (nSPS) is 11.0. The first kappa shape index (κ1) is 17.6. The van der Waals surface area contributed by atoms with Crippen LogP contribution in [0.15, 0.2) is 40.9 Å². The summed E-state index contributed by atoms with van der Waals surface area (Å²) in [5, 5.41) is 5.84. The molecule has 0 atom stereocenters. The lowest BCUT2D eigenvalue weighted by Gasteiger charge is -2.04. The van der Waals surface area contributed by atoms with Crippen LogP contribution in [0.1, 0.15) is 21.7 Å². The molecule has 0 aliphatic heterocycles. The first-order valence-corrected chi connectivity index (χ1v) is 8.51. The first-order valence-electron chi connectivity index (χ1n) is 7.63. The Morgan fingerprint density at radius 1 is 1.35 bits per heavy atom. The maximum atomic E-state index is 12.3. The van der Waals surface area contributed by atoms with E-state index in [9.17, 15) is 9.59 Å². The molecule has 1 N–H and O–H groups in total. The van der Waals surface area contributed by atoms with Crippen molar-refractivity contribution in [3.05, 3.63) is 52.8 Å². The average Bonchev–Trinajstić information content (AvgIpc) is 3.20. The number of hydrogen-bond acceptors (Lipinski definition) is 7. The molecule has 9 heteroatoms. The number of nitrogens with one attached hydrogen (secondary N) is 1. The molecule has 2 aromatic heterocycles. The Labute approximate surface area is 153 Å². The third-order valence-electron chi connectivity index (χ3n) is 3.50. The fourth-order valence-corrected chi connectivity index (χ4v) is 3.00. The van der Waals surface area contributed by atoms with Gasteiger partial charge in [-0.2, -0.15) is 5.10 Å². The summed E-state index contributed by atoms with van der Waals surface area (Å²) in [6, 6.07) is 6.90. The van der Waals surface area contributed by atoms with Crippen molar-refractivity contribution >= 4 is 34.4 Å². The van der Waals surface area contributed by atoms with Gasteiger partial charge in [0, 0.05) is 11.6 Å². The van der Waals surface area contributed by atoms with Gasteiger partial charge >= 0.3 is 5.97 Å². The van der Waals surface area contributed by atoms with Crippen LogP contribution in [-0.4, -0.2) is 41.2 Å². The number of carbonyl (C=O) groups is 2. The number of hydrogen-bond donors (Lipinski definition) is 1. The molecule has 3 aromatic rings. The van der Waals surface area contributed by atoms with E-state index in [0.717, 1.165) is 10.5 Å². The fraction of sp³-hybridized carbons (Fsp3) is 0.176. The second-order valence-corrected chi connectivity index (χ2v) is 6.11. The highest BCUT2D eigenvalue weighted by Crippen LogP contribution is 2.16. The van der Waals surface area contributed by atoms with Gasteiger partial charge in [-0.3, -0.25) is 9.20 Å². The van der Waals surface area contributed by atoms with E-state index in [2.05, 4.69) is 20.2 Å². The minimum atomic E-state index is -0.451. The lowest BCUT2D eigenvalue weighted by molar-refractivity contribution is -0.142. The first-order chi connectivity index (χ1) is 12.6.